The van der Waals surface area contributed by atoms with Crippen molar-refractivity contribution in [1.82, 2.24) is 9.80 Å². The Kier molecular flexibility index (Phi) is 6.56. The van der Waals surface area contributed by atoms with Crippen molar-refractivity contribution in [2.45, 2.75) is 19.3 Å². The molecule has 1 saturated heterocycles. The summed E-state index contributed by atoms with van der Waals surface area (Å²) in [5.41, 5.74) is 0. The Morgan fingerprint density at radius 3 is 2.12 bits per heavy atom. The van der Waals surface area contributed by atoms with Gasteiger partial charge in [-0.05, 0) is 13.0 Å². The molecule has 0 aromatic heterocycles. The zero-order valence-corrected chi connectivity index (χ0v) is 9.86. The molecule has 1 aliphatic heterocycles. The highest BCUT2D eigenvalue weighted by molar-refractivity contribution is 4.75. The third-order valence-corrected chi connectivity index (χ3v) is 2.97. The van der Waals surface area contributed by atoms with Gasteiger partial charge in [0.1, 0.15) is 0 Å². The summed E-state index contributed by atoms with van der Waals surface area (Å²) in [6.45, 7) is 14.0. The van der Waals surface area contributed by atoms with E-state index < -0.39 is 0 Å². The summed E-state index contributed by atoms with van der Waals surface area (Å²) in [7, 11) is 0. The molecule has 0 unspecified atom stereocenters. The van der Waals surface area contributed by atoms with Crippen LogP contribution in [-0.2, 0) is 0 Å². The van der Waals surface area contributed by atoms with E-state index in [-0.39, 0.29) is 0 Å². The highest BCUT2D eigenvalue weighted by atomic mass is 15.3. The lowest BCUT2D eigenvalue weighted by Gasteiger charge is -2.34. The molecule has 4 nitrogen and oxygen atoms in total. The van der Waals surface area contributed by atoms with Gasteiger partial charge < -0.3 is 14.6 Å². The predicted molar refractivity (Wildman–Crippen MR) is 63.8 cm³/mol. The number of nitriles is 1. The average molecular weight is 220 g/mol. The zero-order valence-electron chi connectivity index (χ0n) is 9.86. The average Bonchev–Trinajstić information content (AvgIpc) is 2.32. The minimum Gasteiger partial charge on any atom is -0.317 e. The van der Waals surface area contributed by atoms with Crippen LogP contribution >= 0.6 is 0 Å². The lowest BCUT2D eigenvalue weighted by atomic mass is 10.2. The third-order valence-electron chi connectivity index (χ3n) is 2.97. The number of nitrogens with zero attached hydrogens (tertiary/aromatic N) is 4. The van der Waals surface area contributed by atoms with Crippen molar-refractivity contribution in [1.29, 1.82) is 5.26 Å². The SMILES string of the molecule is [C-]#[N+]CCCN1CCN(CCCC#N)CC1. The van der Waals surface area contributed by atoms with Crippen LogP contribution in [0.5, 0.6) is 0 Å². The molecule has 0 amide bonds. The Hall–Kier alpha value is -1.10. The molecule has 1 heterocycles. The van der Waals surface area contributed by atoms with E-state index >= 15 is 0 Å². The van der Waals surface area contributed by atoms with Gasteiger partial charge in [-0.1, -0.05) is 0 Å². The molecule has 88 valence electrons. The molecule has 0 aromatic carbocycles. The smallest absolute Gasteiger partial charge is 0.215 e. The second-order valence-electron chi connectivity index (χ2n) is 4.18. The molecule has 1 aliphatic rings. The second kappa shape index (κ2) is 8.10. The van der Waals surface area contributed by atoms with E-state index in [0.29, 0.717) is 13.0 Å². The standard InChI is InChI=1S/C12H20N4/c1-14-6-4-8-16-11-9-15(10-12-16)7-3-2-5-13/h2-4,6-12H2. The fraction of sp³-hybridized carbons (Fsp3) is 0.833. The Bertz CT molecular complexity index is 227. The summed E-state index contributed by atoms with van der Waals surface area (Å²) >= 11 is 0. The van der Waals surface area contributed by atoms with Crippen molar-refractivity contribution in [2.75, 3.05) is 45.8 Å². The highest BCUT2D eigenvalue weighted by Gasteiger charge is 2.15. The van der Waals surface area contributed by atoms with Crippen LogP contribution in [0.25, 0.3) is 4.85 Å². The van der Waals surface area contributed by atoms with E-state index in [2.05, 4.69) is 20.7 Å². The Labute approximate surface area is 98.3 Å². The van der Waals surface area contributed by atoms with Crippen LogP contribution in [0.4, 0.5) is 0 Å². The van der Waals surface area contributed by atoms with Crippen LogP contribution in [0, 0.1) is 17.9 Å². The van der Waals surface area contributed by atoms with E-state index in [1.807, 2.05) is 0 Å². The fourth-order valence-electron chi connectivity index (χ4n) is 1.99. The van der Waals surface area contributed by atoms with Gasteiger partial charge in [-0.3, -0.25) is 0 Å². The molecule has 0 radical (unpaired) electrons. The van der Waals surface area contributed by atoms with Crippen molar-refractivity contribution in [3.63, 3.8) is 0 Å². The van der Waals surface area contributed by atoms with Crippen molar-refractivity contribution in [3.05, 3.63) is 11.4 Å². The second-order valence-corrected chi connectivity index (χ2v) is 4.18. The van der Waals surface area contributed by atoms with E-state index in [9.17, 15) is 0 Å². The summed E-state index contributed by atoms with van der Waals surface area (Å²) in [6, 6.07) is 2.19. The Morgan fingerprint density at radius 2 is 1.62 bits per heavy atom. The van der Waals surface area contributed by atoms with Gasteiger partial charge in [-0.2, -0.15) is 5.26 Å². The molecule has 0 saturated carbocycles. The molecule has 4 heteroatoms. The summed E-state index contributed by atoms with van der Waals surface area (Å²) in [5, 5.41) is 8.46. The van der Waals surface area contributed by atoms with Crippen LogP contribution in [0.15, 0.2) is 0 Å². The summed E-state index contributed by atoms with van der Waals surface area (Å²) < 4.78 is 0. The van der Waals surface area contributed by atoms with Gasteiger partial charge in [0, 0.05) is 45.6 Å². The van der Waals surface area contributed by atoms with Crippen molar-refractivity contribution < 1.29 is 0 Å². The first-order valence-electron chi connectivity index (χ1n) is 6.01. The quantitative estimate of drug-likeness (QED) is 0.498. The van der Waals surface area contributed by atoms with Gasteiger partial charge in [-0.15, -0.1) is 0 Å². The van der Waals surface area contributed by atoms with Gasteiger partial charge in [0.25, 0.3) is 0 Å². The first-order chi connectivity index (χ1) is 7.86. The highest BCUT2D eigenvalue weighted by Crippen LogP contribution is 2.04. The van der Waals surface area contributed by atoms with Gasteiger partial charge in [0.15, 0.2) is 0 Å². The number of unbranched alkanes of at least 4 members (excludes halogenated alkanes) is 1. The predicted octanol–water partition coefficient (Wildman–Crippen LogP) is 1.22. The molecule has 0 aromatic rings. The molecule has 0 atom stereocenters. The number of hydrogen-bond acceptors (Lipinski definition) is 3. The maximum absolute atomic E-state index is 8.46. The number of piperazine rings is 1. The Morgan fingerprint density at radius 1 is 1.06 bits per heavy atom. The molecule has 16 heavy (non-hydrogen) atoms. The number of hydrogen-bond donors (Lipinski definition) is 0. The van der Waals surface area contributed by atoms with Gasteiger partial charge in [0.05, 0.1) is 6.07 Å². The van der Waals surface area contributed by atoms with Crippen LogP contribution in [0.2, 0.25) is 0 Å². The molecule has 0 N–H and O–H groups in total. The lowest BCUT2D eigenvalue weighted by molar-refractivity contribution is 0.132. The monoisotopic (exact) mass is 220 g/mol. The van der Waals surface area contributed by atoms with Crippen LogP contribution in [0.3, 0.4) is 0 Å². The van der Waals surface area contributed by atoms with Gasteiger partial charge in [-0.25, -0.2) is 6.57 Å². The molecule has 0 bridgehead atoms. The largest absolute Gasteiger partial charge is 0.317 e. The maximum Gasteiger partial charge on any atom is 0.215 e. The molecule has 0 spiro atoms. The molecule has 0 aliphatic carbocycles. The fourth-order valence-corrected chi connectivity index (χ4v) is 1.99. The number of rotatable bonds is 6. The molecule has 1 fully saturated rings. The van der Waals surface area contributed by atoms with Crippen molar-refractivity contribution in [2.24, 2.45) is 0 Å². The molecular weight excluding hydrogens is 200 g/mol. The third kappa shape index (κ3) is 5.11. The molecular formula is C12H20N4. The van der Waals surface area contributed by atoms with E-state index in [1.54, 1.807) is 0 Å². The Balaban J connectivity index is 2.05. The first kappa shape index (κ1) is 13.0. The van der Waals surface area contributed by atoms with E-state index in [4.69, 9.17) is 11.8 Å². The van der Waals surface area contributed by atoms with Crippen molar-refractivity contribution >= 4 is 0 Å². The van der Waals surface area contributed by atoms with Crippen LogP contribution in [-0.4, -0.2) is 55.6 Å². The topological polar surface area (TPSA) is 34.6 Å². The minimum absolute atomic E-state index is 0.655. The zero-order chi connectivity index (χ0) is 11.6. The normalized spacial score (nSPS) is 17.9. The summed E-state index contributed by atoms with van der Waals surface area (Å²) in [4.78, 5) is 8.24. The summed E-state index contributed by atoms with van der Waals surface area (Å²) in [6.07, 6.45) is 2.66. The maximum atomic E-state index is 8.46. The van der Waals surface area contributed by atoms with Crippen LogP contribution in [0.1, 0.15) is 19.3 Å². The molecule has 1 rings (SSSR count). The summed E-state index contributed by atoms with van der Waals surface area (Å²) in [5.74, 6) is 0. The van der Waals surface area contributed by atoms with Crippen molar-refractivity contribution in [3.8, 4) is 6.07 Å². The van der Waals surface area contributed by atoms with Gasteiger partial charge >= 0.3 is 0 Å². The van der Waals surface area contributed by atoms with E-state index in [1.165, 1.54) is 0 Å². The lowest BCUT2D eigenvalue weighted by Crippen LogP contribution is -2.46. The van der Waals surface area contributed by atoms with Crippen LogP contribution < -0.4 is 0 Å². The van der Waals surface area contributed by atoms with E-state index in [0.717, 1.165) is 52.1 Å². The van der Waals surface area contributed by atoms with Gasteiger partial charge in [0.2, 0.25) is 6.54 Å². The minimum atomic E-state index is 0.655. The first-order valence-corrected chi connectivity index (χ1v) is 6.01.